The molecule has 0 spiro atoms. The first-order valence-corrected chi connectivity index (χ1v) is 6.35. The maximum Gasteiger partial charge on any atom is 0.122 e. The summed E-state index contributed by atoms with van der Waals surface area (Å²) in [5.74, 6) is 0.123. The Bertz CT molecular complexity index is 401. The van der Waals surface area contributed by atoms with Gasteiger partial charge in [0.2, 0.25) is 0 Å². The number of benzene rings is 1. The molecule has 3 N–H and O–H groups in total. The first-order chi connectivity index (χ1) is 8.21. The third-order valence-corrected chi connectivity index (χ3v) is 3.61. The summed E-state index contributed by atoms with van der Waals surface area (Å²) in [5.41, 5.74) is 7.75. The molecule has 0 aliphatic rings. The molecule has 0 aromatic heterocycles. The van der Waals surface area contributed by atoms with Crippen LogP contribution in [0.15, 0.2) is 24.3 Å². The molecular formula is C15H25N3. The normalized spacial score (nSPS) is 13.7. The molecule has 3 heteroatoms. The zero-order valence-corrected chi connectivity index (χ0v) is 12.1. The predicted octanol–water partition coefficient (Wildman–Crippen LogP) is 2.84. The van der Waals surface area contributed by atoms with Crippen LogP contribution in [0.2, 0.25) is 0 Å². The summed E-state index contributed by atoms with van der Waals surface area (Å²) in [4.78, 5) is 2.35. The van der Waals surface area contributed by atoms with Crippen LogP contribution in [0.4, 0.5) is 0 Å². The first-order valence-electron chi connectivity index (χ1n) is 6.35. The Morgan fingerprint density at radius 2 is 1.78 bits per heavy atom. The van der Waals surface area contributed by atoms with E-state index in [0.717, 1.165) is 12.1 Å². The van der Waals surface area contributed by atoms with Crippen LogP contribution < -0.4 is 5.73 Å². The molecule has 0 aliphatic carbocycles. The smallest absolute Gasteiger partial charge is 0.122 e. The van der Waals surface area contributed by atoms with Crippen molar-refractivity contribution in [2.75, 3.05) is 7.05 Å². The van der Waals surface area contributed by atoms with E-state index in [9.17, 15) is 0 Å². The van der Waals surface area contributed by atoms with Gasteiger partial charge in [-0.3, -0.25) is 10.3 Å². The number of nitrogens with zero attached hydrogens (tertiary/aromatic N) is 1. The quantitative estimate of drug-likeness (QED) is 0.635. The average molecular weight is 247 g/mol. The van der Waals surface area contributed by atoms with Gasteiger partial charge in [0.25, 0.3) is 0 Å². The number of hydrogen-bond donors (Lipinski definition) is 2. The van der Waals surface area contributed by atoms with Crippen LogP contribution in [0.3, 0.4) is 0 Å². The Balaban J connectivity index is 2.70. The van der Waals surface area contributed by atoms with Gasteiger partial charge in [-0.15, -0.1) is 0 Å². The SMILES string of the molecule is CC(N(C)Cc1ccc(C(=N)N)cc1)C(C)(C)C. The van der Waals surface area contributed by atoms with Gasteiger partial charge in [0.15, 0.2) is 0 Å². The Morgan fingerprint density at radius 1 is 1.28 bits per heavy atom. The average Bonchev–Trinajstić information content (AvgIpc) is 2.27. The van der Waals surface area contributed by atoms with Gasteiger partial charge in [0, 0.05) is 18.2 Å². The fourth-order valence-corrected chi connectivity index (χ4v) is 1.88. The van der Waals surface area contributed by atoms with Gasteiger partial charge in [-0.1, -0.05) is 45.0 Å². The molecule has 3 nitrogen and oxygen atoms in total. The third kappa shape index (κ3) is 3.84. The summed E-state index contributed by atoms with van der Waals surface area (Å²) < 4.78 is 0. The monoisotopic (exact) mass is 247 g/mol. The lowest BCUT2D eigenvalue weighted by Gasteiger charge is -2.35. The topological polar surface area (TPSA) is 53.1 Å². The Kier molecular flexibility index (Phi) is 4.52. The van der Waals surface area contributed by atoms with E-state index in [2.05, 4.69) is 39.6 Å². The van der Waals surface area contributed by atoms with Crippen molar-refractivity contribution < 1.29 is 0 Å². The third-order valence-electron chi connectivity index (χ3n) is 3.61. The van der Waals surface area contributed by atoms with Crippen LogP contribution in [0.1, 0.15) is 38.8 Å². The molecule has 1 unspecified atom stereocenters. The number of nitrogen functional groups attached to an aromatic ring is 1. The zero-order valence-electron chi connectivity index (χ0n) is 12.1. The van der Waals surface area contributed by atoms with Crippen LogP contribution in [0, 0.1) is 10.8 Å². The summed E-state index contributed by atoms with van der Waals surface area (Å²) in [6.45, 7) is 9.94. The lowest BCUT2D eigenvalue weighted by Crippen LogP contribution is -2.38. The minimum absolute atomic E-state index is 0.123. The maximum atomic E-state index is 7.36. The molecule has 1 rings (SSSR count). The van der Waals surface area contributed by atoms with E-state index in [-0.39, 0.29) is 11.3 Å². The number of rotatable bonds is 4. The number of nitrogens with two attached hydrogens (primary N) is 1. The van der Waals surface area contributed by atoms with E-state index in [4.69, 9.17) is 11.1 Å². The molecule has 1 aromatic carbocycles. The van der Waals surface area contributed by atoms with E-state index in [1.807, 2.05) is 24.3 Å². The highest BCUT2D eigenvalue weighted by Gasteiger charge is 2.23. The van der Waals surface area contributed by atoms with E-state index in [1.165, 1.54) is 5.56 Å². The number of amidine groups is 1. The molecule has 0 radical (unpaired) electrons. The summed E-state index contributed by atoms with van der Waals surface area (Å²) in [6, 6.07) is 8.41. The minimum atomic E-state index is 0.123. The van der Waals surface area contributed by atoms with E-state index >= 15 is 0 Å². The second-order valence-corrected chi connectivity index (χ2v) is 6.07. The Labute approximate surface area is 111 Å². The molecule has 18 heavy (non-hydrogen) atoms. The van der Waals surface area contributed by atoms with Crippen molar-refractivity contribution in [1.82, 2.24) is 4.90 Å². The van der Waals surface area contributed by atoms with Gasteiger partial charge < -0.3 is 5.73 Å². The van der Waals surface area contributed by atoms with Crippen molar-refractivity contribution in [3.63, 3.8) is 0 Å². The molecular weight excluding hydrogens is 222 g/mol. The second-order valence-electron chi connectivity index (χ2n) is 6.07. The van der Waals surface area contributed by atoms with Crippen LogP contribution in [-0.4, -0.2) is 23.8 Å². The fraction of sp³-hybridized carbons (Fsp3) is 0.533. The van der Waals surface area contributed by atoms with Crippen LogP contribution in [0.25, 0.3) is 0 Å². The largest absolute Gasteiger partial charge is 0.384 e. The van der Waals surface area contributed by atoms with Crippen LogP contribution >= 0.6 is 0 Å². The summed E-state index contributed by atoms with van der Waals surface area (Å²) >= 11 is 0. The molecule has 0 heterocycles. The minimum Gasteiger partial charge on any atom is -0.384 e. The van der Waals surface area contributed by atoms with Gasteiger partial charge >= 0.3 is 0 Å². The molecule has 0 saturated heterocycles. The van der Waals surface area contributed by atoms with E-state index in [0.29, 0.717) is 6.04 Å². The van der Waals surface area contributed by atoms with E-state index < -0.39 is 0 Å². The summed E-state index contributed by atoms with van der Waals surface area (Å²) in [7, 11) is 2.15. The lowest BCUT2D eigenvalue weighted by atomic mass is 9.87. The standard InChI is InChI=1S/C15H25N3/c1-11(15(2,3)4)18(5)10-12-6-8-13(9-7-12)14(16)17/h6-9,11H,10H2,1-5H3,(H3,16,17). The van der Waals surface area contributed by atoms with Gasteiger partial charge in [0.1, 0.15) is 5.84 Å². The fourth-order valence-electron chi connectivity index (χ4n) is 1.88. The van der Waals surface area contributed by atoms with Crippen molar-refractivity contribution >= 4 is 5.84 Å². The Morgan fingerprint density at radius 3 is 2.17 bits per heavy atom. The van der Waals surface area contributed by atoms with Gasteiger partial charge in [0.05, 0.1) is 0 Å². The molecule has 0 amide bonds. The van der Waals surface area contributed by atoms with Gasteiger partial charge in [-0.05, 0) is 24.9 Å². The molecule has 1 atom stereocenters. The number of nitrogens with one attached hydrogen (secondary N) is 1. The maximum absolute atomic E-state index is 7.36. The van der Waals surface area contributed by atoms with Gasteiger partial charge in [-0.2, -0.15) is 0 Å². The van der Waals surface area contributed by atoms with Crippen molar-refractivity contribution in [3.05, 3.63) is 35.4 Å². The lowest BCUT2D eigenvalue weighted by molar-refractivity contribution is 0.134. The highest BCUT2D eigenvalue weighted by Crippen LogP contribution is 2.24. The van der Waals surface area contributed by atoms with Crippen molar-refractivity contribution in [3.8, 4) is 0 Å². The molecule has 0 bridgehead atoms. The number of hydrogen-bond acceptors (Lipinski definition) is 2. The summed E-state index contributed by atoms with van der Waals surface area (Å²) in [5, 5.41) is 7.36. The van der Waals surface area contributed by atoms with E-state index in [1.54, 1.807) is 0 Å². The molecule has 0 fully saturated rings. The van der Waals surface area contributed by atoms with Gasteiger partial charge in [-0.25, -0.2) is 0 Å². The highest BCUT2D eigenvalue weighted by atomic mass is 15.1. The van der Waals surface area contributed by atoms with Crippen molar-refractivity contribution in [2.45, 2.75) is 40.3 Å². The summed E-state index contributed by atoms with van der Waals surface area (Å²) in [6.07, 6.45) is 0. The highest BCUT2D eigenvalue weighted by molar-refractivity contribution is 5.94. The molecule has 100 valence electrons. The zero-order chi connectivity index (χ0) is 13.9. The molecule has 0 aliphatic heterocycles. The second kappa shape index (κ2) is 5.53. The molecule has 0 saturated carbocycles. The van der Waals surface area contributed by atoms with Crippen molar-refractivity contribution in [1.29, 1.82) is 5.41 Å². The Hall–Kier alpha value is -1.35. The van der Waals surface area contributed by atoms with Crippen molar-refractivity contribution in [2.24, 2.45) is 11.1 Å². The first kappa shape index (κ1) is 14.7. The van der Waals surface area contributed by atoms with Crippen LogP contribution in [0.5, 0.6) is 0 Å². The van der Waals surface area contributed by atoms with Crippen LogP contribution in [-0.2, 0) is 6.54 Å². The predicted molar refractivity (Wildman–Crippen MR) is 77.8 cm³/mol. The molecule has 1 aromatic rings.